The molecule has 5 atom stereocenters. The first kappa shape index (κ1) is 88.1. The first-order valence-corrected chi connectivity index (χ1v) is 40.0. The van der Waals surface area contributed by atoms with E-state index in [1.807, 2.05) is 0 Å². The summed E-state index contributed by atoms with van der Waals surface area (Å²) in [5, 5.41) is 10.6. The second kappa shape index (κ2) is 63.1. The Labute approximate surface area is 549 Å². The zero-order chi connectivity index (χ0) is 66.5. The third kappa shape index (κ3) is 64.8. The Hall–Kier alpha value is -1.94. The summed E-state index contributed by atoms with van der Waals surface area (Å²) in [6.07, 6.45) is 48.6. The quantitative estimate of drug-likeness (QED) is 0.0222. The van der Waals surface area contributed by atoms with Crippen molar-refractivity contribution in [3.05, 3.63) is 0 Å². The SMILES string of the molecule is CCCCCCCCCCCCCCCCCCC(=O)O[C@H](COC(=O)CCCCCCCCCCCCCC(C)C)COP(=O)(O)OC[C@@H](O)COP(=O)(O)OC[C@@H](COC(=O)CCCCCCCCCC)OC(=O)CCCCCCCCCCCC(C)C. The van der Waals surface area contributed by atoms with Gasteiger partial charge in [-0.2, -0.15) is 0 Å². The molecule has 2 unspecified atom stereocenters. The molecule has 0 aliphatic rings. The average Bonchev–Trinajstić information content (AvgIpc) is 3.61. The van der Waals surface area contributed by atoms with Crippen LogP contribution in [0.1, 0.15) is 363 Å². The average molecular weight is 1330 g/mol. The van der Waals surface area contributed by atoms with Crippen molar-refractivity contribution < 1.29 is 80.2 Å². The standard InChI is InChI=1S/C71H138O17P2/c1-7-9-11-13-15-17-18-19-20-21-22-25-31-37-43-49-55-70(75)87-67(60-82-69(74)54-48-42-36-30-26-23-24-28-33-39-45-51-63(3)4)62-86-90(79,80)84-58-65(72)57-83-89(77,78)85-61-66(59-81-68(73)53-47-41-35-16-14-12-10-8-2)88-71(76)56-50-44-38-32-27-29-34-40-46-52-64(5)6/h63-67,72H,7-62H2,1-6H3,(H,77,78)(H,79,80)/t65-,66+,67+/m0/s1. The summed E-state index contributed by atoms with van der Waals surface area (Å²) in [5.74, 6) is -0.617. The molecule has 3 N–H and O–H groups in total. The van der Waals surface area contributed by atoms with Crippen LogP contribution in [0, 0.1) is 11.8 Å². The Morgan fingerprint density at radius 3 is 0.756 bits per heavy atom. The molecule has 0 rings (SSSR count). The van der Waals surface area contributed by atoms with Crippen LogP contribution in [0.15, 0.2) is 0 Å². The van der Waals surface area contributed by atoms with Gasteiger partial charge >= 0.3 is 39.5 Å². The molecule has 19 heteroatoms. The van der Waals surface area contributed by atoms with Crippen LogP contribution in [0.25, 0.3) is 0 Å². The Morgan fingerprint density at radius 2 is 0.511 bits per heavy atom. The van der Waals surface area contributed by atoms with Crippen molar-refractivity contribution in [2.24, 2.45) is 11.8 Å². The molecule has 17 nitrogen and oxygen atoms in total. The molecule has 0 spiro atoms. The van der Waals surface area contributed by atoms with Crippen LogP contribution in [0.3, 0.4) is 0 Å². The number of aliphatic hydroxyl groups is 1. The highest BCUT2D eigenvalue weighted by Gasteiger charge is 2.30. The fourth-order valence-corrected chi connectivity index (χ4v) is 12.3. The predicted molar refractivity (Wildman–Crippen MR) is 363 cm³/mol. The second-order valence-electron chi connectivity index (χ2n) is 26.6. The van der Waals surface area contributed by atoms with E-state index in [9.17, 15) is 43.2 Å². The Kier molecular flexibility index (Phi) is 61.8. The molecule has 0 aliphatic heterocycles. The second-order valence-corrected chi connectivity index (χ2v) is 29.5. The molecule has 0 radical (unpaired) electrons. The molecular formula is C71H138O17P2. The molecule has 0 heterocycles. The molecule has 534 valence electrons. The summed E-state index contributed by atoms with van der Waals surface area (Å²) < 4.78 is 68.3. The molecule has 0 aromatic rings. The van der Waals surface area contributed by atoms with Crippen LogP contribution in [-0.2, 0) is 65.4 Å². The van der Waals surface area contributed by atoms with Gasteiger partial charge in [0.15, 0.2) is 12.2 Å². The lowest BCUT2D eigenvalue weighted by Gasteiger charge is -2.21. The number of aliphatic hydroxyl groups excluding tert-OH is 1. The maximum atomic E-state index is 13.0. The van der Waals surface area contributed by atoms with E-state index in [0.29, 0.717) is 25.7 Å². The van der Waals surface area contributed by atoms with E-state index >= 15 is 0 Å². The van der Waals surface area contributed by atoms with Crippen molar-refractivity contribution in [1.29, 1.82) is 0 Å². The highest BCUT2D eigenvalue weighted by molar-refractivity contribution is 7.47. The van der Waals surface area contributed by atoms with Gasteiger partial charge in [0.25, 0.3) is 0 Å². The Balaban J connectivity index is 5.23. The molecule has 0 bridgehead atoms. The van der Waals surface area contributed by atoms with E-state index in [2.05, 4.69) is 41.5 Å². The third-order valence-corrected chi connectivity index (χ3v) is 18.4. The molecule has 0 aromatic heterocycles. The van der Waals surface area contributed by atoms with E-state index in [0.717, 1.165) is 108 Å². The number of hydrogen-bond acceptors (Lipinski definition) is 15. The van der Waals surface area contributed by atoms with Gasteiger partial charge in [0.1, 0.15) is 19.3 Å². The van der Waals surface area contributed by atoms with Gasteiger partial charge in [-0.25, -0.2) is 9.13 Å². The minimum Gasteiger partial charge on any atom is -0.462 e. The normalized spacial score (nSPS) is 14.1. The van der Waals surface area contributed by atoms with Crippen LogP contribution < -0.4 is 0 Å². The lowest BCUT2D eigenvalue weighted by molar-refractivity contribution is -0.161. The van der Waals surface area contributed by atoms with Gasteiger partial charge in [-0.15, -0.1) is 0 Å². The molecule has 0 amide bonds. The smallest absolute Gasteiger partial charge is 0.462 e. The minimum atomic E-state index is -4.95. The number of carbonyl (C=O) groups is 4. The lowest BCUT2D eigenvalue weighted by Crippen LogP contribution is -2.30. The van der Waals surface area contributed by atoms with Crippen molar-refractivity contribution in [2.75, 3.05) is 39.6 Å². The molecule has 0 aliphatic carbocycles. The van der Waals surface area contributed by atoms with E-state index in [-0.39, 0.29) is 25.7 Å². The molecular weight excluding hydrogens is 1190 g/mol. The largest absolute Gasteiger partial charge is 0.472 e. The van der Waals surface area contributed by atoms with Gasteiger partial charge in [-0.05, 0) is 37.5 Å². The van der Waals surface area contributed by atoms with Gasteiger partial charge in [0.05, 0.1) is 26.4 Å². The molecule has 0 saturated heterocycles. The monoisotopic (exact) mass is 1320 g/mol. The van der Waals surface area contributed by atoms with Crippen molar-refractivity contribution in [2.45, 2.75) is 381 Å². The van der Waals surface area contributed by atoms with Gasteiger partial charge in [0, 0.05) is 25.7 Å². The van der Waals surface area contributed by atoms with Crippen molar-refractivity contribution in [3.8, 4) is 0 Å². The molecule has 0 fully saturated rings. The Bertz CT molecular complexity index is 1750. The van der Waals surface area contributed by atoms with E-state index in [4.69, 9.17) is 37.0 Å². The van der Waals surface area contributed by atoms with Gasteiger partial charge in [-0.3, -0.25) is 37.3 Å². The molecule has 90 heavy (non-hydrogen) atoms. The van der Waals surface area contributed by atoms with Crippen LogP contribution in [0.4, 0.5) is 0 Å². The lowest BCUT2D eigenvalue weighted by atomic mass is 10.0. The number of phosphoric ester groups is 2. The summed E-state index contributed by atoms with van der Waals surface area (Å²) in [4.78, 5) is 72.5. The van der Waals surface area contributed by atoms with Crippen LogP contribution in [0.2, 0.25) is 0 Å². The number of ether oxygens (including phenoxy) is 4. The topological polar surface area (TPSA) is 237 Å². The predicted octanol–water partition coefficient (Wildman–Crippen LogP) is 20.4. The van der Waals surface area contributed by atoms with E-state index < -0.39 is 97.5 Å². The van der Waals surface area contributed by atoms with Crippen LogP contribution in [-0.4, -0.2) is 96.7 Å². The first-order valence-electron chi connectivity index (χ1n) is 37.0. The fourth-order valence-electron chi connectivity index (χ4n) is 10.8. The summed E-state index contributed by atoms with van der Waals surface area (Å²) in [5.41, 5.74) is 0. The molecule has 0 saturated carbocycles. The van der Waals surface area contributed by atoms with Crippen LogP contribution >= 0.6 is 15.6 Å². The number of esters is 4. The summed E-state index contributed by atoms with van der Waals surface area (Å²) in [7, 11) is -9.90. The van der Waals surface area contributed by atoms with E-state index in [1.165, 1.54) is 173 Å². The van der Waals surface area contributed by atoms with E-state index in [1.54, 1.807) is 0 Å². The van der Waals surface area contributed by atoms with Crippen molar-refractivity contribution in [3.63, 3.8) is 0 Å². The fraction of sp³-hybridized carbons (Fsp3) is 0.944. The first-order chi connectivity index (χ1) is 43.4. The highest BCUT2D eigenvalue weighted by atomic mass is 31.2. The summed E-state index contributed by atoms with van der Waals surface area (Å²) in [6, 6.07) is 0. The van der Waals surface area contributed by atoms with Crippen molar-refractivity contribution >= 4 is 39.5 Å². The highest BCUT2D eigenvalue weighted by Crippen LogP contribution is 2.45. The zero-order valence-corrected chi connectivity index (χ0v) is 60.2. The van der Waals surface area contributed by atoms with Crippen LogP contribution in [0.5, 0.6) is 0 Å². The van der Waals surface area contributed by atoms with Crippen molar-refractivity contribution in [1.82, 2.24) is 0 Å². The minimum absolute atomic E-state index is 0.105. The zero-order valence-electron chi connectivity index (χ0n) is 58.4. The number of phosphoric acid groups is 2. The number of unbranched alkanes of at least 4 members (excludes halogenated alkanes) is 40. The third-order valence-electron chi connectivity index (χ3n) is 16.5. The maximum absolute atomic E-state index is 13.0. The molecule has 0 aromatic carbocycles. The maximum Gasteiger partial charge on any atom is 0.472 e. The van der Waals surface area contributed by atoms with Gasteiger partial charge < -0.3 is 33.8 Å². The summed E-state index contributed by atoms with van der Waals surface area (Å²) in [6.45, 7) is 9.52. The van der Waals surface area contributed by atoms with Gasteiger partial charge in [0.2, 0.25) is 0 Å². The number of hydrogen-bond donors (Lipinski definition) is 3. The Morgan fingerprint density at radius 1 is 0.300 bits per heavy atom. The number of rotatable bonds is 70. The summed E-state index contributed by atoms with van der Waals surface area (Å²) >= 11 is 0. The number of carbonyl (C=O) groups excluding carboxylic acids is 4. The van der Waals surface area contributed by atoms with Gasteiger partial charge in [-0.1, -0.05) is 311 Å².